The maximum atomic E-state index is 10.6. The van der Waals surface area contributed by atoms with Crippen molar-refractivity contribution in [1.29, 1.82) is 0 Å². The fourth-order valence-corrected chi connectivity index (χ4v) is 1.13. The Morgan fingerprint density at radius 2 is 2.00 bits per heavy atom. The molecule has 0 unspecified atom stereocenters. The monoisotopic (exact) mass is 146 g/mol. The maximum absolute atomic E-state index is 10.6. The van der Waals surface area contributed by atoms with Crippen LogP contribution in [0.5, 0.6) is 0 Å². The molecule has 0 bridgehead atoms. The van der Waals surface area contributed by atoms with Crippen LogP contribution < -0.4 is 0 Å². The minimum atomic E-state index is -0.670. The Labute approximate surface area is 56.8 Å². The van der Waals surface area contributed by atoms with E-state index in [0.29, 0.717) is 0 Å². The fourth-order valence-electron chi connectivity index (χ4n) is 0.469. The highest BCUT2D eigenvalue weighted by molar-refractivity contribution is 8.15. The Bertz CT molecular complexity index is 173. The molecule has 0 N–H and O–H groups in total. The molecule has 0 atom stereocenters. The molecule has 0 amide bonds. The molecule has 0 aromatic heterocycles. The number of rotatable bonds is 0. The van der Waals surface area contributed by atoms with Gasteiger partial charge in [0, 0.05) is 0 Å². The second-order valence-corrected chi connectivity index (χ2v) is 3.81. The second kappa shape index (κ2) is 1.73. The largest absolute Gasteiger partial charge is 0.384 e. The van der Waals surface area contributed by atoms with Gasteiger partial charge in [-0.1, -0.05) is 0 Å². The number of thioether (sulfide) groups is 1. The first-order valence-corrected chi connectivity index (χ1v) is 3.29. The van der Waals surface area contributed by atoms with E-state index in [4.69, 9.17) is 0 Å². The van der Waals surface area contributed by atoms with Crippen LogP contribution in [-0.2, 0) is 9.53 Å². The molecule has 0 saturated carbocycles. The number of ether oxygens (including phenoxy) is 1. The number of carbonyl (C=O) groups excluding carboxylic acids is 2. The normalized spacial score (nSPS) is 24.2. The molecule has 1 heterocycles. The molecule has 0 spiro atoms. The van der Waals surface area contributed by atoms with Gasteiger partial charge in [0.2, 0.25) is 0 Å². The van der Waals surface area contributed by atoms with Gasteiger partial charge in [-0.2, -0.15) is 0 Å². The highest BCUT2D eigenvalue weighted by Crippen LogP contribution is 2.33. The van der Waals surface area contributed by atoms with Gasteiger partial charge in [-0.15, -0.1) is 0 Å². The fraction of sp³-hybridized carbons (Fsp3) is 0.600. The Morgan fingerprint density at radius 3 is 2.11 bits per heavy atom. The second-order valence-electron chi connectivity index (χ2n) is 2.25. The zero-order valence-corrected chi connectivity index (χ0v) is 5.95. The smallest absolute Gasteiger partial charge is 0.376 e. The van der Waals surface area contributed by atoms with Crippen molar-refractivity contribution < 1.29 is 14.3 Å². The maximum Gasteiger partial charge on any atom is 0.376 e. The first kappa shape index (κ1) is 6.61. The summed E-state index contributed by atoms with van der Waals surface area (Å²) < 4.78 is 3.59. The SMILES string of the molecule is CC1(C)SC(=O)OC1=O. The van der Waals surface area contributed by atoms with Crippen molar-refractivity contribution in [3.63, 3.8) is 0 Å². The third-order valence-corrected chi connectivity index (χ3v) is 1.93. The Kier molecular flexibility index (Phi) is 1.27. The van der Waals surface area contributed by atoms with Crippen LogP contribution in [-0.4, -0.2) is 16.0 Å². The first-order valence-electron chi connectivity index (χ1n) is 2.47. The number of hydrogen-bond acceptors (Lipinski definition) is 4. The van der Waals surface area contributed by atoms with E-state index in [9.17, 15) is 9.59 Å². The van der Waals surface area contributed by atoms with Crippen molar-refractivity contribution in [2.75, 3.05) is 0 Å². The number of cyclic esters (lactones) is 2. The molecule has 1 fully saturated rings. The van der Waals surface area contributed by atoms with E-state index >= 15 is 0 Å². The molecular weight excluding hydrogens is 140 g/mol. The van der Waals surface area contributed by atoms with Crippen LogP contribution in [0, 0.1) is 0 Å². The van der Waals surface area contributed by atoms with E-state index in [1.807, 2.05) is 0 Å². The zero-order chi connectivity index (χ0) is 7.07. The summed E-state index contributed by atoms with van der Waals surface area (Å²) in [6, 6.07) is 0. The molecular formula is C5H6O3S. The van der Waals surface area contributed by atoms with Crippen LogP contribution in [0.3, 0.4) is 0 Å². The van der Waals surface area contributed by atoms with Gasteiger partial charge in [0.1, 0.15) is 4.75 Å². The van der Waals surface area contributed by atoms with Crippen molar-refractivity contribution in [2.24, 2.45) is 0 Å². The van der Waals surface area contributed by atoms with Crippen molar-refractivity contribution in [1.82, 2.24) is 0 Å². The summed E-state index contributed by atoms with van der Waals surface area (Å²) in [6.07, 6.45) is 0. The van der Waals surface area contributed by atoms with Crippen molar-refractivity contribution in [3.8, 4) is 0 Å². The zero-order valence-electron chi connectivity index (χ0n) is 5.13. The molecule has 9 heavy (non-hydrogen) atoms. The third-order valence-electron chi connectivity index (χ3n) is 1.01. The molecule has 3 nitrogen and oxygen atoms in total. The summed E-state index contributed by atoms with van der Waals surface area (Å²) in [6.45, 7) is 3.32. The Morgan fingerprint density at radius 1 is 1.44 bits per heavy atom. The molecule has 0 radical (unpaired) electrons. The van der Waals surface area contributed by atoms with Crippen LogP contribution in [0.4, 0.5) is 4.79 Å². The van der Waals surface area contributed by atoms with Gasteiger partial charge < -0.3 is 4.74 Å². The molecule has 0 aromatic rings. The predicted molar refractivity (Wildman–Crippen MR) is 33.2 cm³/mol. The van der Waals surface area contributed by atoms with E-state index in [1.54, 1.807) is 13.8 Å². The van der Waals surface area contributed by atoms with Gasteiger partial charge >= 0.3 is 11.3 Å². The molecule has 1 aliphatic rings. The lowest BCUT2D eigenvalue weighted by Gasteiger charge is -2.05. The summed E-state index contributed by atoms with van der Waals surface area (Å²) in [5.41, 5.74) is 0. The van der Waals surface area contributed by atoms with Crippen LogP contribution in [0.25, 0.3) is 0 Å². The summed E-state index contributed by atoms with van der Waals surface area (Å²) in [4.78, 5) is 21.0. The van der Waals surface area contributed by atoms with E-state index in [2.05, 4.69) is 4.74 Å². The first-order chi connectivity index (χ1) is 4.02. The number of hydrogen-bond donors (Lipinski definition) is 0. The van der Waals surface area contributed by atoms with Crippen molar-refractivity contribution in [2.45, 2.75) is 18.6 Å². The summed E-state index contributed by atoms with van der Waals surface area (Å²) in [5, 5.41) is -0.495. The molecule has 1 saturated heterocycles. The predicted octanol–water partition coefficient (Wildman–Crippen LogP) is 1.18. The van der Waals surface area contributed by atoms with Crippen molar-refractivity contribution >= 4 is 23.0 Å². The minimum Gasteiger partial charge on any atom is -0.384 e. The highest BCUT2D eigenvalue weighted by atomic mass is 32.2. The van der Waals surface area contributed by atoms with Gasteiger partial charge in [-0.05, 0) is 25.6 Å². The molecule has 1 rings (SSSR count). The molecule has 1 aliphatic heterocycles. The average molecular weight is 146 g/mol. The van der Waals surface area contributed by atoms with Crippen LogP contribution in [0.2, 0.25) is 0 Å². The lowest BCUT2D eigenvalue weighted by Crippen LogP contribution is -2.21. The topological polar surface area (TPSA) is 43.4 Å². The van der Waals surface area contributed by atoms with Gasteiger partial charge in [-0.25, -0.2) is 4.79 Å². The summed E-state index contributed by atoms with van der Waals surface area (Å²) in [5.74, 6) is -0.447. The Hall–Kier alpha value is -0.510. The molecule has 0 aromatic carbocycles. The summed E-state index contributed by atoms with van der Waals surface area (Å²) >= 11 is 0.920. The lowest BCUT2D eigenvalue weighted by atomic mass is 10.2. The van der Waals surface area contributed by atoms with Gasteiger partial charge in [0.05, 0.1) is 0 Å². The van der Waals surface area contributed by atoms with Crippen LogP contribution >= 0.6 is 11.8 Å². The van der Waals surface area contributed by atoms with E-state index in [0.717, 1.165) is 11.8 Å². The Balaban J connectivity index is 2.81. The lowest BCUT2D eigenvalue weighted by molar-refractivity contribution is -0.137. The van der Waals surface area contributed by atoms with Crippen LogP contribution in [0.15, 0.2) is 0 Å². The van der Waals surface area contributed by atoms with E-state index in [1.165, 1.54) is 0 Å². The number of carbonyl (C=O) groups is 2. The van der Waals surface area contributed by atoms with Gasteiger partial charge in [0.25, 0.3) is 0 Å². The van der Waals surface area contributed by atoms with E-state index in [-0.39, 0.29) is 0 Å². The van der Waals surface area contributed by atoms with Gasteiger partial charge in [-0.3, -0.25) is 4.79 Å². The number of esters is 1. The van der Waals surface area contributed by atoms with Gasteiger partial charge in [0.15, 0.2) is 0 Å². The average Bonchev–Trinajstić information content (AvgIpc) is 1.79. The quantitative estimate of drug-likeness (QED) is 0.380. The highest BCUT2D eigenvalue weighted by Gasteiger charge is 2.42. The van der Waals surface area contributed by atoms with Crippen LogP contribution in [0.1, 0.15) is 13.8 Å². The third kappa shape index (κ3) is 1.08. The standard InChI is InChI=1S/C5H6O3S/c1-5(2)3(6)8-4(7)9-5/h1-2H3. The molecule has 0 aliphatic carbocycles. The minimum absolute atomic E-state index is 0.447. The van der Waals surface area contributed by atoms with Crippen molar-refractivity contribution in [3.05, 3.63) is 0 Å². The summed E-state index contributed by atoms with van der Waals surface area (Å²) in [7, 11) is 0. The molecule has 50 valence electrons. The molecule has 4 heteroatoms. The van der Waals surface area contributed by atoms with E-state index < -0.39 is 16.0 Å².